The topological polar surface area (TPSA) is 9.23 Å². The van der Waals surface area contributed by atoms with Gasteiger partial charge in [-0.2, -0.15) is 0 Å². The van der Waals surface area contributed by atoms with Crippen molar-refractivity contribution in [3.05, 3.63) is 29.3 Å². The molecular formula is C15H21BrO. The molecule has 0 aromatic heterocycles. The van der Waals surface area contributed by atoms with E-state index >= 15 is 0 Å². The van der Waals surface area contributed by atoms with Gasteiger partial charge in [0.1, 0.15) is 5.75 Å². The minimum Gasteiger partial charge on any atom is -0.496 e. The Bertz CT molecular complexity index is 398. The number of rotatable bonds is 5. The molecule has 1 atom stereocenters. The lowest BCUT2D eigenvalue weighted by atomic mass is 9.80. The summed E-state index contributed by atoms with van der Waals surface area (Å²) in [5.41, 5.74) is 3.04. The van der Waals surface area contributed by atoms with Crippen LogP contribution >= 0.6 is 15.9 Å². The van der Waals surface area contributed by atoms with E-state index in [2.05, 4.69) is 48.0 Å². The fourth-order valence-electron chi connectivity index (χ4n) is 2.56. The molecule has 1 fully saturated rings. The molecule has 1 aliphatic rings. The van der Waals surface area contributed by atoms with Crippen LogP contribution in [0, 0.1) is 18.3 Å². The second-order valence-corrected chi connectivity index (χ2v) is 6.11. The van der Waals surface area contributed by atoms with Gasteiger partial charge in [-0.25, -0.2) is 0 Å². The predicted octanol–water partition coefficient (Wildman–Crippen LogP) is 4.36. The normalized spacial score (nSPS) is 18.8. The number of benzene rings is 1. The van der Waals surface area contributed by atoms with Gasteiger partial charge in [-0.1, -0.05) is 40.5 Å². The first-order valence-corrected chi connectivity index (χ1v) is 7.40. The predicted molar refractivity (Wildman–Crippen MR) is 76.1 cm³/mol. The van der Waals surface area contributed by atoms with Crippen molar-refractivity contribution in [2.24, 2.45) is 11.3 Å². The van der Waals surface area contributed by atoms with Gasteiger partial charge in [0, 0.05) is 5.33 Å². The fourth-order valence-corrected chi connectivity index (χ4v) is 3.22. The molecule has 2 heteroatoms. The molecule has 1 aromatic carbocycles. The number of ether oxygens (including phenoxy) is 1. The second kappa shape index (κ2) is 5.01. The van der Waals surface area contributed by atoms with Gasteiger partial charge in [0.05, 0.1) is 7.11 Å². The van der Waals surface area contributed by atoms with Crippen LogP contribution in [0.5, 0.6) is 5.75 Å². The van der Waals surface area contributed by atoms with E-state index in [4.69, 9.17) is 4.74 Å². The van der Waals surface area contributed by atoms with Crippen LogP contribution in [-0.4, -0.2) is 12.4 Å². The largest absolute Gasteiger partial charge is 0.496 e. The molecule has 1 aromatic rings. The van der Waals surface area contributed by atoms with E-state index in [1.807, 2.05) is 0 Å². The second-order valence-electron chi connectivity index (χ2n) is 5.55. The summed E-state index contributed by atoms with van der Waals surface area (Å²) in [6, 6.07) is 6.47. The molecular weight excluding hydrogens is 276 g/mol. The van der Waals surface area contributed by atoms with Crippen molar-refractivity contribution in [2.45, 2.75) is 33.1 Å². The smallest absolute Gasteiger partial charge is 0.122 e. The summed E-state index contributed by atoms with van der Waals surface area (Å²) >= 11 is 3.69. The lowest BCUT2D eigenvalue weighted by Crippen LogP contribution is -2.24. The summed E-state index contributed by atoms with van der Waals surface area (Å²) in [4.78, 5) is 0. The first-order valence-electron chi connectivity index (χ1n) is 6.28. The van der Waals surface area contributed by atoms with Crippen LogP contribution in [0.3, 0.4) is 0 Å². The van der Waals surface area contributed by atoms with Crippen molar-refractivity contribution >= 4 is 15.9 Å². The third-order valence-electron chi connectivity index (χ3n) is 3.90. The summed E-state index contributed by atoms with van der Waals surface area (Å²) in [5, 5.41) is 1.07. The molecule has 0 spiro atoms. The van der Waals surface area contributed by atoms with E-state index in [0.717, 1.165) is 23.4 Å². The first-order chi connectivity index (χ1) is 8.09. The van der Waals surface area contributed by atoms with Crippen molar-refractivity contribution in [1.29, 1.82) is 0 Å². The van der Waals surface area contributed by atoms with Crippen molar-refractivity contribution in [1.82, 2.24) is 0 Å². The SMILES string of the molecule is COc1ccc(C)cc1CC(C)(CBr)C1CC1. The van der Waals surface area contributed by atoms with E-state index in [9.17, 15) is 0 Å². The fraction of sp³-hybridized carbons (Fsp3) is 0.600. The lowest BCUT2D eigenvalue weighted by Gasteiger charge is -2.28. The van der Waals surface area contributed by atoms with Gasteiger partial charge in [0.2, 0.25) is 0 Å². The third-order valence-corrected chi connectivity index (χ3v) is 5.18. The van der Waals surface area contributed by atoms with E-state index in [1.54, 1.807) is 7.11 Å². The van der Waals surface area contributed by atoms with Crippen LogP contribution in [0.25, 0.3) is 0 Å². The third kappa shape index (κ3) is 2.85. The van der Waals surface area contributed by atoms with Crippen molar-refractivity contribution in [3.63, 3.8) is 0 Å². The Morgan fingerprint density at radius 3 is 2.65 bits per heavy atom. The quantitative estimate of drug-likeness (QED) is 0.734. The molecule has 0 radical (unpaired) electrons. The summed E-state index contributed by atoms with van der Waals surface area (Å²) in [6.45, 7) is 4.53. The van der Waals surface area contributed by atoms with E-state index < -0.39 is 0 Å². The van der Waals surface area contributed by atoms with Gasteiger partial charge in [-0.05, 0) is 49.1 Å². The summed E-state index contributed by atoms with van der Waals surface area (Å²) in [7, 11) is 1.76. The highest BCUT2D eigenvalue weighted by Gasteiger charge is 2.40. The van der Waals surface area contributed by atoms with Crippen LogP contribution in [0.2, 0.25) is 0 Å². The van der Waals surface area contributed by atoms with Crippen LogP contribution in [0.15, 0.2) is 18.2 Å². The van der Waals surface area contributed by atoms with Gasteiger partial charge < -0.3 is 4.74 Å². The molecule has 17 heavy (non-hydrogen) atoms. The monoisotopic (exact) mass is 296 g/mol. The highest BCUT2D eigenvalue weighted by molar-refractivity contribution is 9.09. The minimum atomic E-state index is 0.376. The number of hydrogen-bond donors (Lipinski definition) is 0. The number of hydrogen-bond acceptors (Lipinski definition) is 1. The van der Waals surface area contributed by atoms with Crippen molar-refractivity contribution in [2.75, 3.05) is 12.4 Å². The maximum atomic E-state index is 5.48. The highest BCUT2D eigenvalue weighted by atomic mass is 79.9. The number of alkyl halides is 1. The first kappa shape index (κ1) is 12.9. The van der Waals surface area contributed by atoms with Gasteiger partial charge in [-0.15, -0.1) is 0 Å². The van der Waals surface area contributed by atoms with Gasteiger partial charge in [0.25, 0.3) is 0 Å². The molecule has 1 nitrogen and oxygen atoms in total. The Morgan fingerprint density at radius 1 is 1.41 bits per heavy atom. The average Bonchev–Trinajstić information content (AvgIpc) is 3.13. The molecule has 1 unspecified atom stereocenters. The van der Waals surface area contributed by atoms with Crippen molar-refractivity contribution < 1.29 is 4.74 Å². The standard InChI is InChI=1S/C15H21BrO/c1-11-4-7-14(17-3)12(8-11)9-15(2,10-16)13-5-6-13/h4,7-8,13H,5-6,9-10H2,1-3H3. The summed E-state index contributed by atoms with van der Waals surface area (Å²) < 4.78 is 5.48. The zero-order valence-corrected chi connectivity index (χ0v) is 12.5. The molecule has 2 rings (SSSR count). The summed E-state index contributed by atoms with van der Waals surface area (Å²) in [5.74, 6) is 1.91. The Kier molecular flexibility index (Phi) is 3.82. The Labute approximate surface area is 113 Å². The Hall–Kier alpha value is -0.500. The number of methoxy groups -OCH3 is 1. The molecule has 0 amide bonds. The van der Waals surface area contributed by atoms with Crippen LogP contribution in [0.1, 0.15) is 30.9 Å². The van der Waals surface area contributed by atoms with Crippen molar-refractivity contribution in [3.8, 4) is 5.75 Å². The zero-order chi connectivity index (χ0) is 12.5. The highest BCUT2D eigenvalue weighted by Crippen LogP contribution is 2.49. The average molecular weight is 297 g/mol. The van der Waals surface area contributed by atoms with Crippen LogP contribution < -0.4 is 4.74 Å². The molecule has 1 saturated carbocycles. The van der Waals surface area contributed by atoms with Crippen LogP contribution in [-0.2, 0) is 6.42 Å². The molecule has 1 aliphatic carbocycles. The Balaban J connectivity index is 2.24. The molecule has 0 N–H and O–H groups in total. The molecule has 0 heterocycles. The van der Waals surface area contributed by atoms with E-state index in [-0.39, 0.29) is 0 Å². The Morgan fingerprint density at radius 2 is 2.12 bits per heavy atom. The minimum absolute atomic E-state index is 0.376. The van der Waals surface area contributed by atoms with E-state index in [0.29, 0.717) is 5.41 Å². The zero-order valence-electron chi connectivity index (χ0n) is 10.9. The number of halogens is 1. The van der Waals surface area contributed by atoms with Gasteiger partial charge in [0.15, 0.2) is 0 Å². The maximum absolute atomic E-state index is 5.48. The molecule has 94 valence electrons. The summed E-state index contributed by atoms with van der Waals surface area (Å²) in [6.07, 6.45) is 3.88. The van der Waals surface area contributed by atoms with Gasteiger partial charge in [-0.3, -0.25) is 0 Å². The van der Waals surface area contributed by atoms with Crippen LogP contribution in [0.4, 0.5) is 0 Å². The maximum Gasteiger partial charge on any atom is 0.122 e. The lowest BCUT2D eigenvalue weighted by molar-refractivity contribution is 0.311. The van der Waals surface area contributed by atoms with Gasteiger partial charge >= 0.3 is 0 Å². The van der Waals surface area contributed by atoms with E-state index in [1.165, 1.54) is 24.0 Å². The molecule has 0 aliphatic heterocycles. The molecule has 0 bridgehead atoms. The molecule has 0 saturated heterocycles. The number of aryl methyl sites for hydroxylation is 1.